The Morgan fingerprint density at radius 3 is 2.18 bits per heavy atom. The van der Waals surface area contributed by atoms with Gasteiger partial charge in [0.1, 0.15) is 11.7 Å². The lowest BCUT2D eigenvalue weighted by Gasteiger charge is -2.33. The third kappa shape index (κ3) is 9.70. The first-order chi connectivity index (χ1) is 24.3. The van der Waals surface area contributed by atoms with Crippen molar-refractivity contribution in [3.05, 3.63) is 126 Å². The van der Waals surface area contributed by atoms with Crippen molar-refractivity contribution in [1.82, 2.24) is 19.9 Å². The molecule has 2 heterocycles. The van der Waals surface area contributed by atoms with Crippen LogP contribution in [-0.2, 0) is 32.2 Å². The highest BCUT2D eigenvalue weighted by Gasteiger charge is 2.37. The molecule has 15 heteroatoms. The average Bonchev–Trinajstić information content (AvgIpc) is 3.13. The summed E-state index contributed by atoms with van der Waals surface area (Å²) in [5, 5.41) is 15.5. The van der Waals surface area contributed by atoms with Gasteiger partial charge in [-0.05, 0) is 47.7 Å². The molecule has 270 valence electrons. The Morgan fingerprint density at radius 1 is 0.961 bits per heavy atom. The minimum atomic E-state index is -4.78. The maximum absolute atomic E-state index is 14.1. The monoisotopic (exact) mass is 725 g/mol. The van der Waals surface area contributed by atoms with Gasteiger partial charge in [0.25, 0.3) is 10.0 Å². The van der Waals surface area contributed by atoms with E-state index in [1.807, 2.05) is 72.8 Å². The molecule has 0 saturated carbocycles. The third-order valence-electron chi connectivity index (χ3n) is 8.61. The fourth-order valence-corrected chi connectivity index (χ4v) is 6.97. The summed E-state index contributed by atoms with van der Waals surface area (Å²) in [4.78, 5) is 30.6. The smallest absolute Gasteiger partial charge is 0.433 e. The van der Waals surface area contributed by atoms with Crippen LogP contribution in [0.2, 0.25) is 0 Å². The van der Waals surface area contributed by atoms with Crippen LogP contribution < -0.4 is 15.4 Å². The van der Waals surface area contributed by atoms with Gasteiger partial charge in [-0.15, -0.1) is 0 Å². The molecule has 11 nitrogen and oxygen atoms in total. The number of pyridine rings is 1. The molecular formula is C36H38F3N5O6S. The number of benzene rings is 3. The Balaban J connectivity index is 1.21. The van der Waals surface area contributed by atoms with Crippen LogP contribution in [-0.4, -0.2) is 80.3 Å². The number of rotatable bonds is 13. The van der Waals surface area contributed by atoms with Gasteiger partial charge in [0.15, 0.2) is 5.03 Å². The maximum atomic E-state index is 14.1. The summed E-state index contributed by atoms with van der Waals surface area (Å²) in [5.74, 6) is -1.09. The summed E-state index contributed by atoms with van der Waals surface area (Å²) in [5.41, 5.74) is 1.61. The van der Waals surface area contributed by atoms with Gasteiger partial charge in [-0.3, -0.25) is 9.69 Å². The zero-order valence-corrected chi connectivity index (χ0v) is 28.4. The summed E-state index contributed by atoms with van der Waals surface area (Å²) < 4.78 is 72.5. The van der Waals surface area contributed by atoms with E-state index in [-0.39, 0.29) is 19.3 Å². The molecule has 51 heavy (non-hydrogen) atoms. The van der Waals surface area contributed by atoms with Crippen molar-refractivity contribution in [2.24, 2.45) is 0 Å². The number of hydrogen-bond donors (Lipinski definition) is 4. The number of nitrogens with one attached hydrogen (secondary N) is 3. The number of aromatic nitrogens is 1. The van der Waals surface area contributed by atoms with Crippen LogP contribution in [0, 0.1) is 0 Å². The predicted octanol–water partition coefficient (Wildman–Crippen LogP) is 5.12. The number of sulfonamides is 1. The van der Waals surface area contributed by atoms with Gasteiger partial charge in [0, 0.05) is 37.8 Å². The predicted molar refractivity (Wildman–Crippen MR) is 184 cm³/mol. The second-order valence-electron chi connectivity index (χ2n) is 12.1. The van der Waals surface area contributed by atoms with E-state index in [0.29, 0.717) is 31.1 Å². The Labute approximate surface area is 293 Å². The molecule has 3 aromatic carbocycles. The van der Waals surface area contributed by atoms with Crippen molar-refractivity contribution in [3.63, 3.8) is 0 Å². The number of aryl methyl sites for hydroxylation is 1. The van der Waals surface area contributed by atoms with E-state index >= 15 is 0 Å². The molecule has 5 rings (SSSR count). The highest BCUT2D eigenvalue weighted by atomic mass is 32.2. The van der Waals surface area contributed by atoms with E-state index in [1.165, 1.54) is 7.05 Å². The highest BCUT2D eigenvalue weighted by Crippen LogP contribution is 2.32. The molecule has 4 N–H and O–H groups in total. The number of carbonyl (C=O) groups is 2. The molecule has 1 aromatic heterocycles. The van der Waals surface area contributed by atoms with Gasteiger partial charge >= 0.3 is 12.3 Å². The number of alkyl halides is 3. The molecule has 1 fully saturated rings. The van der Waals surface area contributed by atoms with Gasteiger partial charge in [0.2, 0.25) is 5.91 Å². The van der Waals surface area contributed by atoms with Crippen LogP contribution in [0.3, 0.4) is 0 Å². The van der Waals surface area contributed by atoms with E-state index < -0.39 is 56.9 Å². The fourth-order valence-electron chi connectivity index (χ4n) is 5.92. The van der Waals surface area contributed by atoms with Gasteiger partial charge in [0.05, 0.1) is 12.7 Å². The van der Waals surface area contributed by atoms with E-state index in [1.54, 1.807) is 12.1 Å². The maximum Gasteiger partial charge on any atom is 0.433 e. The number of likely N-dealkylation sites (N-methyl/N-ethyl adjacent to an activating group) is 1. The quantitative estimate of drug-likeness (QED) is 0.149. The first-order valence-electron chi connectivity index (χ1n) is 16.2. The summed E-state index contributed by atoms with van der Waals surface area (Å²) in [6.45, 7) is 0.399. The first-order valence-corrected chi connectivity index (χ1v) is 17.6. The van der Waals surface area contributed by atoms with Crippen molar-refractivity contribution in [2.45, 2.75) is 48.1 Å². The number of ether oxygens (including phenoxy) is 1. The highest BCUT2D eigenvalue weighted by molar-refractivity contribution is 7.89. The minimum absolute atomic E-state index is 0.124. The molecule has 2 amide bonds. The molecule has 0 unspecified atom stereocenters. The van der Waals surface area contributed by atoms with Gasteiger partial charge in [-0.1, -0.05) is 84.9 Å². The molecule has 1 aliphatic rings. The number of nitrogens with zero attached hydrogens (tertiary/aromatic N) is 2. The molecular weight excluding hydrogens is 687 g/mol. The second kappa shape index (κ2) is 16.5. The third-order valence-corrected chi connectivity index (χ3v) is 9.93. The number of halogens is 3. The first kappa shape index (κ1) is 37.4. The standard InChI is InChI=1S/C36H38F3N5O6S/c1-44(35(46)47)33(32(25-12-4-2-5-13-25)26-14-6-3-7-15-26)34(45)42-29-16-9-8-11-24(29)19-20-28-22-40-27(23-50-28)21-41-51(48,49)31-18-10-17-30(43-31)36(37,38)39/h2-18,27-28,32-33,40-41H,19-23H2,1H3,(H,42,45)(H,46,47)/t27-,28-,33+/m1/s1. The van der Waals surface area contributed by atoms with Crippen LogP contribution in [0.5, 0.6) is 0 Å². The molecule has 0 spiro atoms. The lowest BCUT2D eigenvalue weighted by atomic mass is 9.84. The van der Waals surface area contributed by atoms with Gasteiger partial charge in [-0.2, -0.15) is 13.2 Å². The molecule has 1 saturated heterocycles. The average molecular weight is 726 g/mol. The van der Waals surface area contributed by atoms with Gasteiger partial charge in [-0.25, -0.2) is 22.9 Å². The molecule has 0 aliphatic carbocycles. The van der Waals surface area contributed by atoms with Gasteiger partial charge < -0.3 is 20.5 Å². The zero-order chi connectivity index (χ0) is 36.6. The number of hydrogen-bond acceptors (Lipinski definition) is 7. The van der Waals surface area contributed by atoms with Crippen molar-refractivity contribution in [1.29, 1.82) is 0 Å². The van der Waals surface area contributed by atoms with E-state index in [9.17, 15) is 36.3 Å². The topological polar surface area (TPSA) is 150 Å². The summed E-state index contributed by atoms with van der Waals surface area (Å²) in [6, 6.07) is 26.9. The second-order valence-corrected chi connectivity index (χ2v) is 13.8. The summed E-state index contributed by atoms with van der Waals surface area (Å²) in [6.07, 6.45) is -5.24. The van der Waals surface area contributed by atoms with Crippen molar-refractivity contribution >= 4 is 27.7 Å². The van der Waals surface area contributed by atoms with Crippen molar-refractivity contribution in [2.75, 3.05) is 32.1 Å². The van der Waals surface area contributed by atoms with Crippen molar-refractivity contribution in [3.8, 4) is 0 Å². The Bertz CT molecular complexity index is 1850. The lowest BCUT2D eigenvalue weighted by Crippen LogP contribution is -2.51. The van der Waals surface area contributed by atoms with Crippen LogP contribution in [0.25, 0.3) is 0 Å². The lowest BCUT2D eigenvalue weighted by molar-refractivity contribution is -0.141. The van der Waals surface area contributed by atoms with Crippen LogP contribution in [0.4, 0.5) is 23.7 Å². The largest absolute Gasteiger partial charge is 0.465 e. The summed E-state index contributed by atoms with van der Waals surface area (Å²) in [7, 11) is -2.92. The van der Waals surface area contributed by atoms with Crippen molar-refractivity contribution < 1.29 is 41.0 Å². The normalized spacial score (nSPS) is 17.1. The SMILES string of the molecule is CN(C(=O)O)[C@H](C(=O)Nc1ccccc1CC[C@@H]1CN[C@H](CNS(=O)(=O)c2cccc(C(F)(F)F)n2)CO1)C(c1ccccc1)c1ccccc1. The zero-order valence-electron chi connectivity index (χ0n) is 27.6. The fraction of sp³-hybridized carbons (Fsp3) is 0.306. The van der Waals surface area contributed by atoms with Crippen LogP contribution in [0.15, 0.2) is 108 Å². The minimum Gasteiger partial charge on any atom is -0.465 e. The number of amides is 2. The Kier molecular flexibility index (Phi) is 12.1. The number of anilines is 1. The number of morpholine rings is 1. The molecule has 1 aliphatic heterocycles. The molecule has 3 atom stereocenters. The Morgan fingerprint density at radius 2 is 1.59 bits per heavy atom. The van der Waals surface area contributed by atoms with Crippen LogP contribution >= 0.6 is 0 Å². The molecule has 4 aromatic rings. The number of para-hydroxylation sites is 1. The Hall–Kier alpha value is -4.83. The van der Waals surface area contributed by atoms with Crippen LogP contribution in [0.1, 0.15) is 34.7 Å². The molecule has 0 bridgehead atoms. The number of carbonyl (C=O) groups excluding carboxylic acids is 1. The van der Waals surface area contributed by atoms with E-state index in [0.717, 1.165) is 33.7 Å². The van der Waals surface area contributed by atoms with E-state index in [2.05, 4.69) is 20.3 Å². The molecule has 0 radical (unpaired) electrons. The summed E-state index contributed by atoms with van der Waals surface area (Å²) >= 11 is 0. The number of carboxylic acid groups (broad SMARTS) is 1. The van der Waals surface area contributed by atoms with E-state index in [4.69, 9.17) is 4.74 Å².